The quantitative estimate of drug-likeness (QED) is 0.580. The van der Waals surface area contributed by atoms with Gasteiger partial charge in [0.1, 0.15) is 0 Å². The van der Waals surface area contributed by atoms with Crippen LogP contribution in [0.25, 0.3) is 0 Å². The molecule has 2 heteroatoms. The fraction of sp³-hybridized carbons (Fsp3) is 1.00. The molecule has 0 saturated carbocycles. The minimum atomic E-state index is 0.742. The van der Waals surface area contributed by atoms with Gasteiger partial charge < -0.3 is 4.90 Å². The van der Waals surface area contributed by atoms with E-state index in [1.54, 1.807) is 0 Å². The van der Waals surface area contributed by atoms with Gasteiger partial charge in [0.05, 0.1) is 0 Å². The number of fused-ring (bicyclic) bond motifs is 3. The maximum Gasteiger partial charge on any atom is 0.0227 e. The van der Waals surface area contributed by atoms with Crippen molar-refractivity contribution in [3.05, 3.63) is 0 Å². The van der Waals surface area contributed by atoms with E-state index in [2.05, 4.69) is 30.7 Å². The van der Waals surface area contributed by atoms with Crippen LogP contribution in [0.4, 0.5) is 0 Å². The Morgan fingerprint density at radius 2 is 1.75 bits per heavy atom. The molecule has 3 fully saturated rings. The number of piperidine rings is 2. The SMILES string of the molecule is CC(C)N1CC2CCC1CN2C. The highest BCUT2D eigenvalue weighted by atomic mass is 15.3. The average molecular weight is 168 g/mol. The van der Waals surface area contributed by atoms with Crippen molar-refractivity contribution in [3.8, 4) is 0 Å². The van der Waals surface area contributed by atoms with Crippen LogP contribution in [0.3, 0.4) is 0 Å². The largest absolute Gasteiger partial charge is 0.301 e. The molecule has 3 aliphatic rings. The van der Waals surface area contributed by atoms with Crippen LogP contribution in [-0.2, 0) is 0 Å². The Hall–Kier alpha value is -0.0800. The summed E-state index contributed by atoms with van der Waals surface area (Å²) in [5.74, 6) is 0. The highest BCUT2D eigenvalue weighted by Gasteiger charge is 2.37. The molecule has 0 radical (unpaired) electrons. The maximum absolute atomic E-state index is 2.67. The lowest BCUT2D eigenvalue weighted by atomic mass is 9.90. The van der Waals surface area contributed by atoms with Crippen LogP contribution < -0.4 is 0 Å². The standard InChI is InChI=1S/C10H20N2/c1-8(2)12-7-9-4-5-10(12)6-11(9)3/h8-10H,4-7H2,1-3H3. The summed E-state index contributed by atoms with van der Waals surface area (Å²) in [6.45, 7) is 7.24. The molecule has 12 heavy (non-hydrogen) atoms. The van der Waals surface area contributed by atoms with Crippen molar-refractivity contribution < 1.29 is 0 Å². The van der Waals surface area contributed by atoms with Crippen molar-refractivity contribution in [2.24, 2.45) is 0 Å². The number of nitrogens with zero attached hydrogens (tertiary/aromatic N) is 2. The zero-order valence-corrected chi connectivity index (χ0v) is 8.45. The fourth-order valence-corrected chi connectivity index (χ4v) is 2.70. The van der Waals surface area contributed by atoms with Gasteiger partial charge in [-0.15, -0.1) is 0 Å². The second-order valence-electron chi connectivity index (χ2n) is 4.62. The summed E-state index contributed by atoms with van der Waals surface area (Å²) < 4.78 is 0. The molecule has 3 saturated heterocycles. The second-order valence-corrected chi connectivity index (χ2v) is 4.62. The van der Waals surface area contributed by atoms with E-state index in [1.807, 2.05) is 0 Å². The Balaban J connectivity index is 2.05. The third kappa shape index (κ3) is 1.27. The first-order valence-corrected chi connectivity index (χ1v) is 5.14. The monoisotopic (exact) mass is 168 g/mol. The molecule has 0 aromatic heterocycles. The van der Waals surface area contributed by atoms with Crippen molar-refractivity contribution >= 4 is 0 Å². The minimum absolute atomic E-state index is 0.742. The number of hydrogen-bond donors (Lipinski definition) is 0. The smallest absolute Gasteiger partial charge is 0.0227 e. The van der Waals surface area contributed by atoms with Crippen molar-refractivity contribution in [1.29, 1.82) is 0 Å². The van der Waals surface area contributed by atoms with Gasteiger partial charge >= 0.3 is 0 Å². The molecule has 2 unspecified atom stereocenters. The van der Waals surface area contributed by atoms with E-state index in [4.69, 9.17) is 0 Å². The van der Waals surface area contributed by atoms with Gasteiger partial charge in [-0.1, -0.05) is 0 Å². The summed E-state index contributed by atoms with van der Waals surface area (Å²) in [5.41, 5.74) is 0. The van der Waals surface area contributed by atoms with Crippen molar-refractivity contribution in [2.75, 3.05) is 20.1 Å². The first kappa shape index (κ1) is 8.52. The molecule has 2 nitrogen and oxygen atoms in total. The predicted molar refractivity (Wildman–Crippen MR) is 51.3 cm³/mol. The summed E-state index contributed by atoms with van der Waals surface area (Å²) in [4.78, 5) is 5.21. The Morgan fingerprint density at radius 1 is 1.08 bits per heavy atom. The van der Waals surface area contributed by atoms with Gasteiger partial charge in [-0.05, 0) is 33.7 Å². The van der Waals surface area contributed by atoms with Crippen molar-refractivity contribution in [2.45, 2.75) is 44.8 Å². The second kappa shape index (κ2) is 3.00. The van der Waals surface area contributed by atoms with Crippen LogP contribution in [0, 0.1) is 0 Å². The van der Waals surface area contributed by atoms with Gasteiger partial charge in [0, 0.05) is 31.2 Å². The summed E-state index contributed by atoms with van der Waals surface area (Å²) in [6.07, 6.45) is 2.84. The van der Waals surface area contributed by atoms with Gasteiger partial charge in [0.2, 0.25) is 0 Å². The van der Waals surface area contributed by atoms with Crippen LogP contribution in [-0.4, -0.2) is 48.1 Å². The topological polar surface area (TPSA) is 6.48 Å². The molecule has 0 amide bonds. The molecule has 0 aromatic rings. The molecule has 3 rings (SSSR count). The maximum atomic E-state index is 2.67. The van der Waals surface area contributed by atoms with Crippen molar-refractivity contribution in [3.63, 3.8) is 0 Å². The highest BCUT2D eigenvalue weighted by Crippen LogP contribution is 2.28. The Kier molecular flexibility index (Phi) is 2.13. The van der Waals surface area contributed by atoms with Gasteiger partial charge in [-0.25, -0.2) is 0 Å². The van der Waals surface area contributed by atoms with Gasteiger partial charge in [-0.2, -0.15) is 0 Å². The molecular formula is C10H20N2. The van der Waals surface area contributed by atoms with E-state index < -0.39 is 0 Å². The zero-order chi connectivity index (χ0) is 8.72. The number of likely N-dealkylation sites (N-methyl/N-ethyl adjacent to an activating group) is 1. The van der Waals surface area contributed by atoms with E-state index >= 15 is 0 Å². The van der Waals surface area contributed by atoms with Crippen LogP contribution in [0.5, 0.6) is 0 Å². The highest BCUT2D eigenvalue weighted by molar-refractivity contribution is 4.94. The van der Waals surface area contributed by atoms with E-state index in [0.29, 0.717) is 0 Å². The van der Waals surface area contributed by atoms with Crippen LogP contribution in [0.2, 0.25) is 0 Å². The van der Waals surface area contributed by atoms with E-state index in [0.717, 1.165) is 18.1 Å². The molecule has 3 heterocycles. The lowest BCUT2D eigenvalue weighted by molar-refractivity contribution is -0.0231. The summed E-state index contributed by atoms with van der Waals surface area (Å²) in [5, 5.41) is 0. The molecule has 2 bridgehead atoms. The van der Waals surface area contributed by atoms with E-state index in [1.165, 1.54) is 25.9 Å². The van der Waals surface area contributed by atoms with Crippen molar-refractivity contribution in [1.82, 2.24) is 9.80 Å². The molecule has 0 N–H and O–H groups in total. The average Bonchev–Trinajstić information content (AvgIpc) is 2.04. The lowest BCUT2D eigenvalue weighted by Gasteiger charge is -2.52. The van der Waals surface area contributed by atoms with Crippen LogP contribution >= 0.6 is 0 Å². The van der Waals surface area contributed by atoms with Crippen LogP contribution in [0.15, 0.2) is 0 Å². The van der Waals surface area contributed by atoms with Gasteiger partial charge in [-0.3, -0.25) is 4.90 Å². The van der Waals surface area contributed by atoms with E-state index in [-0.39, 0.29) is 0 Å². The molecule has 0 aliphatic carbocycles. The van der Waals surface area contributed by atoms with E-state index in [9.17, 15) is 0 Å². The Morgan fingerprint density at radius 3 is 2.17 bits per heavy atom. The van der Waals surface area contributed by atoms with Gasteiger partial charge in [0.15, 0.2) is 0 Å². The first-order valence-electron chi connectivity index (χ1n) is 5.14. The lowest BCUT2D eigenvalue weighted by Crippen LogP contribution is -2.62. The fourth-order valence-electron chi connectivity index (χ4n) is 2.70. The number of rotatable bonds is 1. The molecule has 70 valence electrons. The molecule has 2 atom stereocenters. The first-order chi connectivity index (χ1) is 5.68. The minimum Gasteiger partial charge on any atom is -0.301 e. The molecule has 3 aliphatic heterocycles. The summed E-state index contributed by atoms with van der Waals surface area (Å²) in [6, 6.07) is 2.43. The molecular weight excluding hydrogens is 148 g/mol. The summed E-state index contributed by atoms with van der Waals surface area (Å²) >= 11 is 0. The number of piperazine rings is 1. The number of hydrogen-bond acceptors (Lipinski definition) is 2. The van der Waals surface area contributed by atoms with Crippen LogP contribution in [0.1, 0.15) is 26.7 Å². The summed E-state index contributed by atoms with van der Waals surface area (Å²) in [7, 11) is 2.27. The van der Waals surface area contributed by atoms with Gasteiger partial charge in [0.25, 0.3) is 0 Å². The third-order valence-corrected chi connectivity index (χ3v) is 3.51. The zero-order valence-electron chi connectivity index (χ0n) is 8.45. The third-order valence-electron chi connectivity index (χ3n) is 3.51. The predicted octanol–water partition coefficient (Wildman–Crippen LogP) is 1.17. The molecule has 0 aromatic carbocycles. The normalized spacial score (nSPS) is 38.0. The Labute approximate surface area is 75.5 Å². The Bertz CT molecular complexity index is 167. The molecule has 0 spiro atoms.